The average Bonchev–Trinajstić information content (AvgIpc) is 2.56. The van der Waals surface area contributed by atoms with E-state index < -0.39 is 9.73 Å². The van der Waals surface area contributed by atoms with Crippen LogP contribution >= 0.6 is 0 Å². The Hall–Kier alpha value is -1.61. The van der Waals surface area contributed by atoms with Crippen molar-refractivity contribution < 1.29 is 4.21 Å². The second-order valence-electron chi connectivity index (χ2n) is 6.46. The van der Waals surface area contributed by atoms with Crippen molar-refractivity contribution in [3.8, 4) is 0 Å². The monoisotopic (exact) mass is 311 g/mol. The first kappa shape index (κ1) is 14.0. The molecule has 0 amide bonds. The van der Waals surface area contributed by atoms with Gasteiger partial charge in [-0.05, 0) is 43.5 Å². The van der Waals surface area contributed by atoms with Crippen molar-refractivity contribution in [2.75, 3.05) is 0 Å². The molecule has 1 unspecified atom stereocenters. The maximum absolute atomic E-state index is 13.9. The number of nitrogens with zero attached hydrogens (tertiary/aromatic N) is 1. The van der Waals surface area contributed by atoms with Crippen molar-refractivity contribution >= 4 is 15.4 Å². The third-order valence-corrected chi connectivity index (χ3v) is 7.84. The van der Waals surface area contributed by atoms with Crippen molar-refractivity contribution in [1.82, 2.24) is 0 Å². The Morgan fingerprint density at radius 1 is 1.00 bits per heavy atom. The first-order valence-electron chi connectivity index (χ1n) is 8.10. The van der Waals surface area contributed by atoms with Crippen molar-refractivity contribution in [3.63, 3.8) is 0 Å². The Bertz CT molecular complexity index is 816. The van der Waals surface area contributed by atoms with Gasteiger partial charge in [-0.1, -0.05) is 48.7 Å². The molecule has 2 aliphatic rings. The summed E-state index contributed by atoms with van der Waals surface area (Å²) < 4.78 is 18.7. The van der Waals surface area contributed by atoms with Gasteiger partial charge in [0.05, 0.1) is 20.7 Å². The van der Waals surface area contributed by atoms with Crippen LogP contribution in [0.5, 0.6) is 0 Å². The molecule has 1 aliphatic carbocycles. The van der Waals surface area contributed by atoms with Crippen LogP contribution in [0.2, 0.25) is 0 Å². The molecule has 0 saturated heterocycles. The van der Waals surface area contributed by atoms with E-state index in [0.29, 0.717) is 5.92 Å². The maximum atomic E-state index is 13.9. The Labute approximate surface area is 132 Å². The van der Waals surface area contributed by atoms with Crippen LogP contribution in [0, 0.1) is 6.92 Å². The quantitative estimate of drug-likeness (QED) is 0.712. The molecule has 3 heteroatoms. The van der Waals surface area contributed by atoms with E-state index >= 15 is 0 Å². The number of hydrogen-bond donors (Lipinski definition) is 0. The van der Waals surface area contributed by atoms with Gasteiger partial charge in [0.25, 0.3) is 0 Å². The standard InChI is InChI=1S/C19H21NOS/c1-14-10-12-15(13-11-14)22(21)19-9-5-3-7-17(19)16-6-2-4-8-18(16)20-22/h2,4,6,8,10-13,17,19H,3,5,7,9H2,1H3/t17-,19+,22?/m0/s1. The zero-order valence-corrected chi connectivity index (χ0v) is 13.7. The zero-order valence-electron chi connectivity index (χ0n) is 12.9. The van der Waals surface area contributed by atoms with E-state index in [1.807, 2.05) is 24.3 Å². The van der Waals surface area contributed by atoms with Crippen molar-refractivity contribution in [3.05, 3.63) is 59.7 Å². The maximum Gasteiger partial charge on any atom is 0.0835 e. The van der Waals surface area contributed by atoms with E-state index in [2.05, 4.69) is 31.2 Å². The molecule has 1 saturated carbocycles. The van der Waals surface area contributed by atoms with Crippen LogP contribution in [0.3, 0.4) is 0 Å². The number of hydrogen-bond acceptors (Lipinski definition) is 2. The molecule has 0 radical (unpaired) electrons. The van der Waals surface area contributed by atoms with Crippen LogP contribution in [-0.4, -0.2) is 9.46 Å². The molecule has 114 valence electrons. The molecule has 2 nitrogen and oxygen atoms in total. The van der Waals surface area contributed by atoms with E-state index in [0.717, 1.165) is 23.4 Å². The van der Waals surface area contributed by atoms with E-state index in [1.54, 1.807) is 0 Å². The van der Waals surface area contributed by atoms with E-state index in [4.69, 9.17) is 4.36 Å². The van der Waals surface area contributed by atoms with E-state index in [9.17, 15) is 4.21 Å². The Balaban J connectivity index is 1.95. The molecule has 22 heavy (non-hydrogen) atoms. The largest absolute Gasteiger partial charge is 0.244 e. The minimum atomic E-state index is -2.37. The van der Waals surface area contributed by atoms with Crippen LogP contribution in [-0.2, 0) is 9.73 Å². The Kier molecular flexibility index (Phi) is 3.33. The van der Waals surface area contributed by atoms with Gasteiger partial charge in [-0.15, -0.1) is 0 Å². The third-order valence-electron chi connectivity index (χ3n) is 5.04. The predicted molar refractivity (Wildman–Crippen MR) is 91.1 cm³/mol. The predicted octanol–water partition coefficient (Wildman–Crippen LogP) is 5.19. The molecule has 1 heterocycles. The molecule has 2 aromatic rings. The molecular formula is C19H21NOS. The number of rotatable bonds is 1. The minimum Gasteiger partial charge on any atom is -0.244 e. The lowest BCUT2D eigenvalue weighted by atomic mass is 9.83. The molecule has 1 fully saturated rings. The topological polar surface area (TPSA) is 29.4 Å². The minimum absolute atomic E-state index is 0.166. The lowest BCUT2D eigenvalue weighted by Gasteiger charge is -2.37. The molecule has 2 aromatic carbocycles. The molecule has 0 spiro atoms. The number of benzene rings is 2. The SMILES string of the molecule is Cc1ccc(S2(=O)=Nc3ccccc3[C@@H]3CCCC[C@H]32)cc1. The average molecular weight is 311 g/mol. The van der Waals surface area contributed by atoms with Crippen LogP contribution in [0.1, 0.15) is 42.7 Å². The summed E-state index contributed by atoms with van der Waals surface area (Å²) in [5.41, 5.74) is 3.44. The van der Waals surface area contributed by atoms with E-state index in [-0.39, 0.29) is 5.25 Å². The molecule has 0 N–H and O–H groups in total. The van der Waals surface area contributed by atoms with Crippen molar-refractivity contribution in [2.24, 2.45) is 4.36 Å². The summed E-state index contributed by atoms with van der Waals surface area (Å²) >= 11 is 0. The molecule has 0 bridgehead atoms. The Morgan fingerprint density at radius 2 is 1.73 bits per heavy atom. The van der Waals surface area contributed by atoms with Gasteiger partial charge in [-0.2, -0.15) is 4.36 Å². The normalized spacial score (nSPS) is 30.0. The van der Waals surface area contributed by atoms with Gasteiger partial charge >= 0.3 is 0 Å². The third kappa shape index (κ3) is 2.11. The van der Waals surface area contributed by atoms with Gasteiger partial charge in [0.1, 0.15) is 0 Å². The molecule has 3 atom stereocenters. The van der Waals surface area contributed by atoms with Crippen LogP contribution < -0.4 is 0 Å². The number of fused-ring (bicyclic) bond motifs is 3. The highest BCUT2D eigenvalue weighted by Crippen LogP contribution is 2.47. The summed E-state index contributed by atoms with van der Waals surface area (Å²) in [6, 6.07) is 16.4. The van der Waals surface area contributed by atoms with Crippen molar-refractivity contribution in [2.45, 2.75) is 48.7 Å². The highest BCUT2D eigenvalue weighted by atomic mass is 32.2. The molecule has 4 rings (SSSR count). The van der Waals surface area contributed by atoms with Crippen LogP contribution in [0.25, 0.3) is 0 Å². The summed E-state index contributed by atoms with van der Waals surface area (Å²) in [5, 5.41) is 0.166. The Morgan fingerprint density at radius 3 is 2.55 bits per heavy atom. The molecular weight excluding hydrogens is 290 g/mol. The second kappa shape index (κ2) is 5.24. The summed E-state index contributed by atoms with van der Waals surface area (Å²) in [4.78, 5) is 0.907. The fraction of sp³-hybridized carbons (Fsp3) is 0.368. The van der Waals surface area contributed by atoms with Gasteiger partial charge in [-0.25, -0.2) is 4.21 Å². The highest BCUT2D eigenvalue weighted by Gasteiger charge is 2.39. The van der Waals surface area contributed by atoms with Gasteiger partial charge in [0.2, 0.25) is 0 Å². The highest BCUT2D eigenvalue weighted by molar-refractivity contribution is 7.94. The summed E-state index contributed by atoms with van der Waals surface area (Å²) in [6.07, 6.45) is 4.57. The first-order chi connectivity index (χ1) is 10.7. The van der Waals surface area contributed by atoms with Gasteiger partial charge in [-0.3, -0.25) is 0 Å². The van der Waals surface area contributed by atoms with Gasteiger partial charge in [0, 0.05) is 10.8 Å². The van der Waals surface area contributed by atoms with Gasteiger partial charge < -0.3 is 0 Å². The first-order valence-corrected chi connectivity index (χ1v) is 9.68. The van der Waals surface area contributed by atoms with Crippen LogP contribution in [0.4, 0.5) is 5.69 Å². The second-order valence-corrected chi connectivity index (χ2v) is 8.86. The van der Waals surface area contributed by atoms with Gasteiger partial charge in [0.15, 0.2) is 0 Å². The fourth-order valence-electron chi connectivity index (χ4n) is 3.89. The van der Waals surface area contributed by atoms with Crippen molar-refractivity contribution in [1.29, 1.82) is 0 Å². The summed E-state index contributed by atoms with van der Waals surface area (Å²) in [7, 11) is -2.37. The molecule has 1 aliphatic heterocycles. The molecule has 0 aromatic heterocycles. The fourth-order valence-corrected chi connectivity index (χ4v) is 6.68. The van der Waals surface area contributed by atoms with E-state index in [1.165, 1.54) is 24.0 Å². The lowest BCUT2D eigenvalue weighted by molar-refractivity contribution is 0.442. The smallest absolute Gasteiger partial charge is 0.0835 e. The van der Waals surface area contributed by atoms with Crippen LogP contribution in [0.15, 0.2) is 57.8 Å². The zero-order chi connectivity index (χ0) is 15.2. The summed E-state index contributed by atoms with van der Waals surface area (Å²) in [6.45, 7) is 2.06. The number of aryl methyl sites for hydroxylation is 1. The summed E-state index contributed by atoms with van der Waals surface area (Å²) in [5.74, 6) is 0.399. The lowest BCUT2D eigenvalue weighted by Crippen LogP contribution is -2.33.